The van der Waals surface area contributed by atoms with E-state index in [1.807, 2.05) is 0 Å². The molecule has 0 aromatic heterocycles. The van der Waals surface area contributed by atoms with Crippen LogP contribution >= 0.6 is 0 Å². The van der Waals surface area contributed by atoms with E-state index in [-0.39, 0.29) is 0 Å². The van der Waals surface area contributed by atoms with Crippen molar-refractivity contribution in [2.75, 3.05) is 19.6 Å². The van der Waals surface area contributed by atoms with E-state index in [0.717, 1.165) is 13.1 Å². The van der Waals surface area contributed by atoms with E-state index >= 15 is 0 Å². The van der Waals surface area contributed by atoms with Gasteiger partial charge in [0.2, 0.25) is 0 Å². The first-order valence-electron chi connectivity index (χ1n) is 6.66. The van der Waals surface area contributed by atoms with Crippen LogP contribution in [0.3, 0.4) is 0 Å². The molecule has 1 aliphatic rings. The third-order valence-electron chi connectivity index (χ3n) is 3.94. The van der Waals surface area contributed by atoms with Crippen molar-refractivity contribution in [2.24, 2.45) is 5.41 Å². The van der Waals surface area contributed by atoms with Crippen LogP contribution in [0.4, 0.5) is 0 Å². The van der Waals surface area contributed by atoms with E-state index in [4.69, 9.17) is 0 Å². The molecule has 0 amide bonds. The highest BCUT2D eigenvalue weighted by molar-refractivity contribution is 4.86. The fourth-order valence-corrected chi connectivity index (χ4v) is 2.60. The first-order chi connectivity index (χ1) is 7.22. The lowest BCUT2D eigenvalue weighted by Gasteiger charge is -2.29. The summed E-state index contributed by atoms with van der Waals surface area (Å²) in [5, 5.41) is 7.08. The summed E-state index contributed by atoms with van der Waals surface area (Å²) in [7, 11) is 0. The van der Waals surface area contributed by atoms with E-state index in [1.54, 1.807) is 0 Å². The summed E-state index contributed by atoms with van der Waals surface area (Å²) in [6.45, 7) is 10.2. The molecule has 1 fully saturated rings. The zero-order chi connectivity index (χ0) is 11.1. The lowest BCUT2D eigenvalue weighted by atomic mass is 9.83. The van der Waals surface area contributed by atoms with Crippen LogP contribution in [-0.4, -0.2) is 25.7 Å². The SMILES string of the molecule is CCNCC(C)NCC1(CC)CCCC1. The maximum absolute atomic E-state index is 3.69. The van der Waals surface area contributed by atoms with Crippen molar-refractivity contribution in [3.8, 4) is 0 Å². The van der Waals surface area contributed by atoms with Crippen LogP contribution in [-0.2, 0) is 0 Å². The van der Waals surface area contributed by atoms with Crippen LogP contribution in [0.1, 0.15) is 52.9 Å². The minimum absolute atomic E-state index is 0.606. The highest BCUT2D eigenvalue weighted by Crippen LogP contribution is 2.40. The van der Waals surface area contributed by atoms with Gasteiger partial charge in [-0.05, 0) is 38.1 Å². The molecular weight excluding hydrogens is 184 g/mol. The Kier molecular flexibility index (Phi) is 5.62. The van der Waals surface area contributed by atoms with Gasteiger partial charge in [-0.1, -0.05) is 26.7 Å². The summed E-state index contributed by atoms with van der Waals surface area (Å²) < 4.78 is 0. The molecule has 15 heavy (non-hydrogen) atoms. The van der Waals surface area contributed by atoms with Crippen LogP contribution in [0.25, 0.3) is 0 Å². The van der Waals surface area contributed by atoms with Gasteiger partial charge in [-0.2, -0.15) is 0 Å². The first-order valence-corrected chi connectivity index (χ1v) is 6.66. The van der Waals surface area contributed by atoms with Crippen molar-refractivity contribution < 1.29 is 0 Å². The van der Waals surface area contributed by atoms with Crippen molar-refractivity contribution in [1.29, 1.82) is 0 Å². The van der Waals surface area contributed by atoms with Crippen LogP contribution in [0, 0.1) is 5.41 Å². The average molecular weight is 212 g/mol. The Hall–Kier alpha value is -0.0800. The third kappa shape index (κ3) is 4.12. The van der Waals surface area contributed by atoms with Crippen molar-refractivity contribution in [2.45, 2.75) is 58.9 Å². The maximum Gasteiger partial charge on any atom is 0.0164 e. The quantitative estimate of drug-likeness (QED) is 0.678. The number of nitrogens with one attached hydrogen (secondary N) is 2. The van der Waals surface area contributed by atoms with Crippen molar-refractivity contribution in [3.63, 3.8) is 0 Å². The highest BCUT2D eigenvalue weighted by Gasteiger charge is 2.31. The summed E-state index contributed by atoms with van der Waals surface area (Å²) in [5.41, 5.74) is 0.625. The molecule has 0 aliphatic heterocycles. The molecule has 2 nitrogen and oxygen atoms in total. The summed E-state index contributed by atoms with van der Waals surface area (Å²) in [6.07, 6.45) is 7.09. The predicted molar refractivity (Wildman–Crippen MR) is 67.2 cm³/mol. The average Bonchev–Trinajstić information content (AvgIpc) is 2.73. The van der Waals surface area contributed by atoms with E-state index in [2.05, 4.69) is 31.4 Å². The normalized spacial score (nSPS) is 21.8. The Morgan fingerprint density at radius 2 is 1.87 bits per heavy atom. The monoisotopic (exact) mass is 212 g/mol. The summed E-state index contributed by atoms with van der Waals surface area (Å²) in [6, 6.07) is 0.606. The molecule has 1 aliphatic carbocycles. The Balaban J connectivity index is 2.21. The minimum Gasteiger partial charge on any atom is -0.315 e. The zero-order valence-corrected chi connectivity index (χ0v) is 10.7. The van der Waals surface area contributed by atoms with Gasteiger partial charge in [-0.3, -0.25) is 0 Å². The van der Waals surface area contributed by atoms with E-state index in [0.29, 0.717) is 11.5 Å². The molecule has 0 saturated heterocycles. The lowest BCUT2D eigenvalue weighted by Crippen LogP contribution is -2.41. The van der Waals surface area contributed by atoms with Crippen molar-refractivity contribution in [1.82, 2.24) is 10.6 Å². The molecule has 0 heterocycles. The van der Waals surface area contributed by atoms with Gasteiger partial charge in [0.05, 0.1) is 0 Å². The standard InChI is InChI=1S/C13H28N2/c1-4-13(8-6-7-9-13)11-15-12(3)10-14-5-2/h12,14-15H,4-11H2,1-3H3. The van der Waals surface area contributed by atoms with E-state index in [1.165, 1.54) is 38.6 Å². The van der Waals surface area contributed by atoms with Gasteiger partial charge < -0.3 is 10.6 Å². The Bertz CT molecular complexity index is 162. The smallest absolute Gasteiger partial charge is 0.0164 e. The predicted octanol–water partition coefficient (Wildman–Crippen LogP) is 2.54. The molecule has 1 saturated carbocycles. The molecule has 2 heteroatoms. The van der Waals surface area contributed by atoms with Crippen LogP contribution in [0.2, 0.25) is 0 Å². The first kappa shape index (κ1) is 13.0. The highest BCUT2D eigenvalue weighted by atomic mass is 15.0. The Morgan fingerprint density at radius 1 is 1.20 bits per heavy atom. The van der Waals surface area contributed by atoms with Crippen LogP contribution in [0.5, 0.6) is 0 Å². The van der Waals surface area contributed by atoms with Crippen LogP contribution in [0.15, 0.2) is 0 Å². The Labute approximate surface area is 95.2 Å². The van der Waals surface area contributed by atoms with Gasteiger partial charge in [-0.15, -0.1) is 0 Å². The second-order valence-electron chi connectivity index (χ2n) is 5.15. The largest absolute Gasteiger partial charge is 0.315 e. The molecule has 90 valence electrons. The summed E-state index contributed by atoms with van der Waals surface area (Å²) >= 11 is 0. The molecular formula is C13H28N2. The Morgan fingerprint density at radius 3 is 2.40 bits per heavy atom. The fourth-order valence-electron chi connectivity index (χ4n) is 2.60. The molecule has 1 atom stereocenters. The van der Waals surface area contributed by atoms with E-state index in [9.17, 15) is 0 Å². The molecule has 1 rings (SSSR count). The molecule has 0 radical (unpaired) electrons. The minimum atomic E-state index is 0.606. The molecule has 0 aromatic rings. The fraction of sp³-hybridized carbons (Fsp3) is 1.00. The van der Waals surface area contributed by atoms with Gasteiger partial charge >= 0.3 is 0 Å². The van der Waals surface area contributed by atoms with Crippen LogP contribution < -0.4 is 10.6 Å². The number of hydrogen-bond donors (Lipinski definition) is 2. The van der Waals surface area contributed by atoms with Gasteiger partial charge in [0.25, 0.3) is 0 Å². The number of rotatable bonds is 7. The summed E-state index contributed by atoms with van der Waals surface area (Å²) in [4.78, 5) is 0. The second kappa shape index (κ2) is 6.49. The number of likely N-dealkylation sites (N-methyl/N-ethyl adjacent to an activating group) is 1. The molecule has 2 N–H and O–H groups in total. The molecule has 0 bridgehead atoms. The van der Waals surface area contributed by atoms with Gasteiger partial charge in [0.1, 0.15) is 0 Å². The van der Waals surface area contributed by atoms with Crippen molar-refractivity contribution in [3.05, 3.63) is 0 Å². The molecule has 0 spiro atoms. The van der Waals surface area contributed by atoms with Crippen molar-refractivity contribution >= 4 is 0 Å². The second-order valence-corrected chi connectivity index (χ2v) is 5.15. The molecule has 1 unspecified atom stereocenters. The number of hydrogen-bond acceptors (Lipinski definition) is 2. The van der Waals surface area contributed by atoms with Gasteiger partial charge in [0.15, 0.2) is 0 Å². The summed E-state index contributed by atoms with van der Waals surface area (Å²) in [5.74, 6) is 0. The molecule has 0 aromatic carbocycles. The topological polar surface area (TPSA) is 24.1 Å². The van der Waals surface area contributed by atoms with Gasteiger partial charge in [0, 0.05) is 19.1 Å². The van der Waals surface area contributed by atoms with E-state index < -0.39 is 0 Å². The third-order valence-corrected chi connectivity index (χ3v) is 3.94. The zero-order valence-electron chi connectivity index (χ0n) is 10.7. The maximum atomic E-state index is 3.69. The van der Waals surface area contributed by atoms with Gasteiger partial charge in [-0.25, -0.2) is 0 Å². The lowest BCUT2D eigenvalue weighted by molar-refractivity contribution is 0.257.